The molecule has 4 aromatic rings. The van der Waals surface area contributed by atoms with Crippen LogP contribution in [0.5, 0.6) is 5.75 Å². The molecule has 44 heavy (non-hydrogen) atoms. The molecule has 1 atom stereocenters. The first kappa shape index (κ1) is 30.4. The van der Waals surface area contributed by atoms with Crippen molar-refractivity contribution in [3.8, 4) is 5.75 Å². The number of para-hydroxylation sites is 1. The molecule has 0 amide bonds. The molecule has 1 fully saturated rings. The van der Waals surface area contributed by atoms with Gasteiger partial charge in [-0.2, -0.15) is 4.31 Å². The molecule has 2 aliphatic heterocycles. The lowest BCUT2D eigenvalue weighted by Crippen LogP contribution is -2.60. The largest absolute Gasteiger partial charge is 0.479 e. The van der Waals surface area contributed by atoms with Crippen LogP contribution in [0.4, 0.5) is 8.78 Å². The predicted octanol–water partition coefficient (Wildman–Crippen LogP) is 6.06. The molecule has 0 radical (unpaired) electrons. The van der Waals surface area contributed by atoms with Gasteiger partial charge in [-0.3, -0.25) is 18.3 Å². The van der Waals surface area contributed by atoms with Crippen LogP contribution in [0.1, 0.15) is 59.3 Å². The van der Waals surface area contributed by atoms with Crippen molar-refractivity contribution in [1.29, 1.82) is 0 Å². The van der Waals surface area contributed by atoms with Crippen LogP contribution in [0.25, 0.3) is 5.65 Å². The summed E-state index contributed by atoms with van der Waals surface area (Å²) in [5.41, 5.74) is 3.44. The fraction of sp³-hybridized carbons (Fsp3) is 0.387. The Morgan fingerprint density at radius 1 is 1.14 bits per heavy atom. The zero-order valence-electron chi connectivity index (χ0n) is 24.6. The first-order valence-corrected chi connectivity index (χ1v) is 15.8. The minimum Gasteiger partial charge on any atom is -0.479 e. The molecule has 10 nitrogen and oxygen atoms in total. The topological polar surface area (TPSA) is 119 Å². The number of carbonyl (C=O) groups is 1. The Morgan fingerprint density at radius 3 is 2.61 bits per heavy atom. The maximum Gasteiger partial charge on any atom is 0.306 e. The van der Waals surface area contributed by atoms with Gasteiger partial charge in [0.2, 0.25) is 5.82 Å². The first-order valence-electron chi connectivity index (χ1n) is 14.3. The number of pyridine rings is 1. The summed E-state index contributed by atoms with van der Waals surface area (Å²) in [7, 11) is -3.43. The van der Waals surface area contributed by atoms with Gasteiger partial charge in [-0.05, 0) is 66.8 Å². The highest BCUT2D eigenvalue weighted by Gasteiger charge is 2.49. The molecular weight excluding hydrogens is 594 g/mol. The number of alkyl halides is 2. The second-order valence-corrected chi connectivity index (χ2v) is 13.2. The lowest BCUT2D eigenvalue weighted by Gasteiger charge is -2.46. The van der Waals surface area contributed by atoms with Crippen LogP contribution in [0.2, 0.25) is 0 Å². The van der Waals surface area contributed by atoms with E-state index in [4.69, 9.17) is 14.2 Å². The van der Waals surface area contributed by atoms with E-state index in [2.05, 4.69) is 10.2 Å². The molecular formula is C31H34F2N4O6S. The number of hydrogen-bond acceptors (Lipinski definition) is 9. The van der Waals surface area contributed by atoms with Crippen molar-refractivity contribution in [2.24, 2.45) is 0 Å². The van der Waals surface area contributed by atoms with E-state index in [1.54, 1.807) is 48.5 Å². The van der Waals surface area contributed by atoms with Gasteiger partial charge in [0.15, 0.2) is 11.2 Å². The number of fused-ring (bicyclic) bond motifs is 2. The van der Waals surface area contributed by atoms with Crippen LogP contribution in [0.3, 0.4) is 0 Å². The average molecular weight is 629 g/mol. The van der Waals surface area contributed by atoms with Crippen LogP contribution >= 0.6 is 10.8 Å². The van der Waals surface area contributed by atoms with E-state index < -0.39 is 40.5 Å². The number of esters is 1. The van der Waals surface area contributed by atoms with Gasteiger partial charge in [-0.1, -0.05) is 30.3 Å². The van der Waals surface area contributed by atoms with Crippen LogP contribution < -0.4 is 4.74 Å². The highest BCUT2D eigenvalue weighted by Crippen LogP contribution is 2.59. The molecule has 0 saturated carbocycles. The van der Waals surface area contributed by atoms with Gasteiger partial charge in [0.1, 0.15) is 10.6 Å². The van der Waals surface area contributed by atoms with Crippen molar-refractivity contribution >= 4 is 22.4 Å². The van der Waals surface area contributed by atoms with Crippen molar-refractivity contribution in [2.45, 2.75) is 56.6 Å². The number of benzene rings is 2. The minimum absolute atomic E-state index is 0.00373. The number of carbonyl (C=O) groups excluding carboxylic acids is 1. The maximum absolute atomic E-state index is 13.5. The van der Waals surface area contributed by atoms with Gasteiger partial charge in [0.05, 0.1) is 32.8 Å². The molecule has 6 rings (SSSR count). The van der Waals surface area contributed by atoms with Gasteiger partial charge in [-0.15, -0.1) is 21.0 Å². The van der Waals surface area contributed by atoms with Gasteiger partial charge in [0.25, 0.3) is 6.43 Å². The number of hydrogen-bond donors (Lipinski definition) is 2. The van der Waals surface area contributed by atoms with Gasteiger partial charge in [0, 0.05) is 18.7 Å². The quantitative estimate of drug-likeness (QED) is 0.225. The second-order valence-electron chi connectivity index (χ2n) is 11.2. The maximum atomic E-state index is 13.5. The lowest BCUT2D eigenvalue weighted by molar-refractivity contribution is -0.165. The molecule has 1 spiro atoms. The molecule has 0 bridgehead atoms. The molecule has 2 aromatic heterocycles. The SMILES string of the molecule is CCOC(=O)CC(c1ccc(C)c(CN2CC3(COC3)Oc3ccccc3S2(O)O)c1)c1ccn2c(C(F)F)nnc2c1C. The number of aromatic nitrogens is 3. The number of nitrogens with zero attached hydrogens (tertiary/aromatic N) is 4. The molecule has 1 unspecified atom stereocenters. The van der Waals surface area contributed by atoms with Crippen molar-refractivity contribution in [2.75, 3.05) is 26.4 Å². The number of ether oxygens (including phenoxy) is 3. The average Bonchev–Trinajstić information content (AvgIpc) is 3.38. The summed E-state index contributed by atoms with van der Waals surface area (Å²) >= 11 is 0. The van der Waals surface area contributed by atoms with Gasteiger partial charge >= 0.3 is 5.97 Å². The van der Waals surface area contributed by atoms with Gasteiger partial charge in [-0.25, -0.2) is 8.78 Å². The van der Waals surface area contributed by atoms with Crippen molar-refractivity contribution in [3.63, 3.8) is 0 Å². The van der Waals surface area contributed by atoms with E-state index in [-0.39, 0.29) is 31.8 Å². The normalized spacial score (nSPS) is 18.7. The summed E-state index contributed by atoms with van der Waals surface area (Å²) < 4.78 is 70.2. The second kappa shape index (κ2) is 11.7. The molecule has 4 heterocycles. The zero-order valence-corrected chi connectivity index (χ0v) is 25.4. The van der Waals surface area contributed by atoms with Crippen molar-refractivity contribution in [1.82, 2.24) is 18.9 Å². The third-order valence-electron chi connectivity index (χ3n) is 8.29. The summed E-state index contributed by atoms with van der Waals surface area (Å²) in [6.45, 7) is 6.73. The molecule has 234 valence electrons. The molecule has 1 saturated heterocycles. The third kappa shape index (κ3) is 5.43. The Balaban J connectivity index is 1.40. The Labute approximate surface area is 255 Å². The third-order valence-corrected chi connectivity index (χ3v) is 10.2. The Bertz CT molecular complexity index is 1710. The summed E-state index contributed by atoms with van der Waals surface area (Å²) in [6, 6.07) is 14.4. The van der Waals surface area contributed by atoms with Crippen LogP contribution in [0.15, 0.2) is 59.6 Å². The highest BCUT2D eigenvalue weighted by molar-refractivity contribution is 8.22. The van der Waals surface area contributed by atoms with E-state index in [9.17, 15) is 22.7 Å². The number of halogens is 2. The molecule has 2 N–H and O–H groups in total. The number of rotatable bonds is 8. The smallest absolute Gasteiger partial charge is 0.306 e. The molecule has 2 aromatic carbocycles. The summed E-state index contributed by atoms with van der Waals surface area (Å²) in [4.78, 5) is 13.2. The highest BCUT2D eigenvalue weighted by atomic mass is 32.3. The lowest BCUT2D eigenvalue weighted by atomic mass is 9.85. The van der Waals surface area contributed by atoms with E-state index in [1.807, 2.05) is 25.1 Å². The predicted molar refractivity (Wildman–Crippen MR) is 159 cm³/mol. The van der Waals surface area contributed by atoms with E-state index >= 15 is 0 Å². The fourth-order valence-electron chi connectivity index (χ4n) is 5.91. The summed E-state index contributed by atoms with van der Waals surface area (Å²) in [5.74, 6) is -0.931. The molecule has 2 aliphatic rings. The first-order chi connectivity index (χ1) is 21.0. The monoisotopic (exact) mass is 628 g/mol. The van der Waals surface area contributed by atoms with Crippen LogP contribution in [0, 0.1) is 13.8 Å². The van der Waals surface area contributed by atoms with Crippen LogP contribution in [-0.4, -0.2) is 65.9 Å². The Morgan fingerprint density at radius 2 is 1.91 bits per heavy atom. The Kier molecular flexibility index (Phi) is 8.09. The summed E-state index contributed by atoms with van der Waals surface area (Å²) in [5, 5.41) is 7.68. The van der Waals surface area contributed by atoms with Crippen LogP contribution in [-0.2, 0) is 20.8 Å². The standard InChI is InChI=1S/C31H34F2N4O6S/c1-4-42-27(38)14-24(23-11-12-37-29(20(23)3)34-35-30(37)28(32)33)21-10-9-19(2)22(13-21)15-36-16-31(17-41-18-31)43-25-7-5-6-8-26(25)44(36,39)40/h5-13,24,28,39-40H,4,14-18H2,1-3H3. The summed E-state index contributed by atoms with van der Waals surface area (Å²) in [6.07, 6.45) is -1.29. The molecule has 13 heteroatoms. The zero-order chi connectivity index (χ0) is 31.2. The fourth-order valence-corrected chi connectivity index (χ4v) is 7.56. The van der Waals surface area contributed by atoms with E-state index in [1.165, 1.54) is 10.6 Å². The van der Waals surface area contributed by atoms with E-state index in [0.29, 0.717) is 29.4 Å². The number of aryl methyl sites for hydroxylation is 2. The van der Waals surface area contributed by atoms with Gasteiger partial charge < -0.3 is 14.2 Å². The minimum atomic E-state index is -3.43. The van der Waals surface area contributed by atoms with Crippen molar-refractivity contribution < 1.29 is 36.9 Å². The van der Waals surface area contributed by atoms with E-state index in [0.717, 1.165) is 22.3 Å². The molecule has 0 aliphatic carbocycles. The van der Waals surface area contributed by atoms with Crippen molar-refractivity contribution in [3.05, 3.63) is 88.4 Å². The Hall–Kier alpha value is -3.62.